The van der Waals surface area contributed by atoms with Crippen LogP contribution in [0.1, 0.15) is 95.1 Å². The number of nitrogens with one attached hydrogen (secondary N) is 1. The summed E-state index contributed by atoms with van der Waals surface area (Å²) in [6.07, 6.45) is 14.7. The second-order valence-electron chi connectivity index (χ2n) is 10.5. The van der Waals surface area contributed by atoms with Crippen LogP contribution in [0.15, 0.2) is 36.7 Å². The summed E-state index contributed by atoms with van der Waals surface area (Å²) in [5, 5.41) is 8.58. The van der Waals surface area contributed by atoms with Crippen molar-refractivity contribution in [1.82, 2.24) is 20.1 Å². The highest BCUT2D eigenvalue weighted by atomic mass is 16.5. The minimum atomic E-state index is 0.0870. The molecule has 1 spiro atoms. The Bertz CT molecular complexity index is 857. The number of fused-ring (bicyclic) bond motifs is 1. The van der Waals surface area contributed by atoms with Crippen LogP contribution in [-0.2, 0) is 10.2 Å². The molecule has 2 unspecified atom stereocenters. The number of hydrogen-bond donors (Lipinski definition) is 1. The van der Waals surface area contributed by atoms with E-state index in [0.29, 0.717) is 18.0 Å². The van der Waals surface area contributed by atoms with E-state index < -0.39 is 0 Å². The van der Waals surface area contributed by atoms with Gasteiger partial charge >= 0.3 is 0 Å². The highest BCUT2D eigenvalue weighted by Gasteiger charge is 2.48. The number of hydrogen-bond acceptors (Lipinski definition) is 4. The Balaban J connectivity index is 1.32. The second-order valence-corrected chi connectivity index (χ2v) is 10.5. The first kappa shape index (κ1) is 21.1. The molecule has 1 N–H and O–H groups in total. The van der Waals surface area contributed by atoms with E-state index in [-0.39, 0.29) is 11.0 Å². The van der Waals surface area contributed by atoms with Gasteiger partial charge in [-0.15, -0.1) is 0 Å². The van der Waals surface area contributed by atoms with Gasteiger partial charge in [-0.1, -0.05) is 32.8 Å². The van der Waals surface area contributed by atoms with Gasteiger partial charge in [0.05, 0.1) is 17.3 Å². The molecule has 2 aliphatic heterocycles. The molecule has 1 saturated carbocycles. The van der Waals surface area contributed by atoms with E-state index in [9.17, 15) is 0 Å². The third kappa shape index (κ3) is 4.07. The smallest absolute Gasteiger partial charge is 0.0691 e. The molecule has 5 rings (SSSR count). The molecule has 5 nitrogen and oxygen atoms in total. The van der Waals surface area contributed by atoms with E-state index >= 15 is 0 Å². The van der Waals surface area contributed by atoms with Crippen LogP contribution < -0.4 is 5.32 Å². The standard InChI is InChI=1S/C26H38N4O/c1-20(2)22-9-8-21(23-10-16-29-30(22)23)27-17-13-25(24-7-3-6-15-28-24)14-18-31-26(19-25)11-4-5-12-26/h3,6-7,10,15-16,20-22,27H,4-5,8-9,11-14,17-19H2,1-2H3/t21?,22?,25-/m1/s1. The molecule has 0 radical (unpaired) electrons. The van der Waals surface area contributed by atoms with Crippen LogP contribution in [0.5, 0.6) is 0 Å². The summed E-state index contributed by atoms with van der Waals surface area (Å²) >= 11 is 0. The van der Waals surface area contributed by atoms with Gasteiger partial charge in [-0.25, -0.2) is 0 Å². The predicted molar refractivity (Wildman–Crippen MR) is 123 cm³/mol. The summed E-state index contributed by atoms with van der Waals surface area (Å²) in [5.41, 5.74) is 2.83. The summed E-state index contributed by atoms with van der Waals surface area (Å²) in [4.78, 5) is 4.85. The van der Waals surface area contributed by atoms with Gasteiger partial charge in [0, 0.05) is 36.2 Å². The van der Waals surface area contributed by atoms with E-state index in [2.05, 4.69) is 47.1 Å². The van der Waals surface area contributed by atoms with Gasteiger partial charge in [0.2, 0.25) is 0 Å². The number of ether oxygens (including phenoxy) is 1. The molecule has 2 aromatic heterocycles. The molecule has 0 aromatic carbocycles. The Morgan fingerprint density at radius 2 is 2.00 bits per heavy atom. The molecule has 3 aliphatic rings. The van der Waals surface area contributed by atoms with Crippen molar-refractivity contribution in [3.63, 3.8) is 0 Å². The fraction of sp³-hybridized carbons (Fsp3) is 0.692. The summed E-state index contributed by atoms with van der Waals surface area (Å²) < 4.78 is 8.69. The molecule has 0 amide bonds. The molecule has 4 heterocycles. The molecule has 2 aromatic rings. The number of nitrogens with zero attached hydrogens (tertiary/aromatic N) is 3. The summed E-state index contributed by atoms with van der Waals surface area (Å²) in [7, 11) is 0. The fourth-order valence-corrected chi connectivity index (χ4v) is 6.59. The molecule has 168 valence electrons. The number of rotatable bonds is 6. The molecule has 5 heteroatoms. The van der Waals surface area contributed by atoms with E-state index in [1.807, 2.05) is 18.5 Å². The van der Waals surface area contributed by atoms with Crippen LogP contribution in [-0.4, -0.2) is 33.5 Å². The molecular weight excluding hydrogens is 384 g/mol. The van der Waals surface area contributed by atoms with Crippen molar-refractivity contribution in [2.75, 3.05) is 13.2 Å². The van der Waals surface area contributed by atoms with E-state index in [4.69, 9.17) is 9.72 Å². The Morgan fingerprint density at radius 1 is 1.13 bits per heavy atom. The van der Waals surface area contributed by atoms with Gasteiger partial charge in [-0.05, 0) is 75.6 Å². The van der Waals surface area contributed by atoms with Crippen molar-refractivity contribution in [1.29, 1.82) is 0 Å². The highest BCUT2D eigenvalue weighted by Crippen LogP contribution is 2.49. The lowest BCUT2D eigenvalue weighted by Gasteiger charge is -2.46. The molecule has 31 heavy (non-hydrogen) atoms. The summed E-state index contributed by atoms with van der Waals surface area (Å²) in [6, 6.07) is 9.58. The molecule has 1 aliphatic carbocycles. The molecule has 1 saturated heterocycles. The van der Waals surface area contributed by atoms with Gasteiger partial charge in [-0.3, -0.25) is 9.67 Å². The van der Waals surface area contributed by atoms with Gasteiger partial charge in [-0.2, -0.15) is 5.10 Å². The quantitative estimate of drug-likeness (QED) is 0.682. The first-order valence-electron chi connectivity index (χ1n) is 12.4. The molecule has 3 atom stereocenters. The average Bonchev–Trinajstić information content (AvgIpc) is 3.44. The predicted octanol–water partition coefficient (Wildman–Crippen LogP) is 5.35. The van der Waals surface area contributed by atoms with Crippen LogP contribution >= 0.6 is 0 Å². The van der Waals surface area contributed by atoms with Crippen molar-refractivity contribution in [3.8, 4) is 0 Å². The van der Waals surface area contributed by atoms with Crippen molar-refractivity contribution < 1.29 is 4.74 Å². The van der Waals surface area contributed by atoms with Crippen molar-refractivity contribution in [3.05, 3.63) is 48.0 Å². The zero-order valence-corrected chi connectivity index (χ0v) is 19.2. The monoisotopic (exact) mass is 422 g/mol. The van der Waals surface area contributed by atoms with Crippen LogP contribution in [0.4, 0.5) is 0 Å². The van der Waals surface area contributed by atoms with Gasteiger partial charge in [0.25, 0.3) is 0 Å². The SMILES string of the molecule is CC(C)C1CCC(NCC[C@@]2(c3ccccn3)CCOC3(CCCC3)C2)c2ccnn21. The maximum atomic E-state index is 6.41. The van der Waals surface area contributed by atoms with Crippen LogP contribution in [0.3, 0.4) is 0 Å². The number of pyridine rings is 1. The van der Waals surface area contributed by atoms with E-state index in [0.717, 1.165) is 32.4 Å². The molecule has 0 bridgehead atoms. The zero-order valence-electron chi connectivity index (χ0n) is 19.2. The Kier molecular flexibility index (Phi) is 5.91. The average molecular weight is 423 g/mol. The van der Waals surface area contributed by atoms with Crippen LogP contribution in [0.2, 0.25) is 0 Å². The van der Waals surface area contributed by atoms with E-state index in [1.54, 1.807) is 0 Å². The number of aromatic nitrogens is 3. The maximum absolute atomic E-state index is 6.41. The molecule has 2 fully saturated rings. The van der Waals surface area contributed by atoms with Gasteiger partial charge in [0.1, 0.15) is 0 Å². The topological polar surface area (TPSA) is 52.0 Å². The van der Waals surface area contributed by atoms with Gasteiger partial charge < -0.3 is 10.1 Å². The Labute approximate surface area is 187 Å². The van der Waals surface area contributed by atoms with Crippen molar-refractivity contribution in [2.24, 2.45) is 5.92 Å². The summed E-state index contributed by atoms with van der Waals surface area (Å²) in [6.45, 7) is 6.49. The lowest BCUT2D eigenvalue weighted by molar-refractivity contribution is -0.104. The first-order chi connectivity index (χ1) is 15.1. The zero-order chi connectivity index (χ0) is 21.3. The van der Waals surface area contributed by atoms with Gasteiger partial charge in [0.15, 0.2) is 0 Å². The Hall–Kier alpha value is -1.72. The minimum absolute atomic E-state index is 0.0870. The minimum Gasteiger partial charge on any atom is -0.375 e. The second kappa shape index (κ2) is 8.67. The van der Waals surface area contributed by atoms with Crippen molar-refractivity contribution in [2.45, 2.75) is 94.7 Å². The highest BCUT2D eigenvalue weighted by molar-refractivity contribution is 5.21. The summed E-state index contributed by atoms with van der Waals surface area (Å²) in [5.74, 6) is 0.622. The van der Waals surface area contributed by atoms with E-state index in [1.165, 1.54) is 49.9 Å². The van der Waals surface area contributed by atoms with Crippen LogP contribution in [0.25, 0.3) is 0 Å². The normalized spacial score (nSPS) is 30.0. The van der Waals surface area contributed by atoms with Crippen LogP contribution in [0, 0.1) is 5.92 Å². The largest absolute Gasteiger partial charge is 0.375 e. The lowest BCUT2D eigenvalue weighted by atomic mass is 9.68. The fourth-order valence-electron chi connectivity index (χ4n) is 6.59. The lowest BCUT2D eigenvalue weighted by Crippen LogP contribution is -2.47. The first-order valence-corrected chi connectivity index (χ1v) is 12.4. The Morgan fingerprint density at radius 3 is 2.77 bits per heavy atom. The third-order valence-electron chi connectivity index (χ3n) is 8.26. The molecular formula is C26H38N4O. The third-order valence-corrected chi connectivity index (χ3v) is 8.26. The van der Waals surface area contributed by atoms with Crippen molar-refractivity contribution >= 4 is 0 Å². The maximum Gasteiger partial charge on any atom is 0.0691 e.